The number of rotatable bonds is 5. The summed E-state index contributed by atoms with van der Waals surface area (Å²) in [6, 6.07) is 8.77. The molecule has 0 saturated heterocycles. The maximum Gasteiger partial charge on any atom is 0.282 e. The van der Waals surface area contributed by atoms with Crippen LogP contribution < -0.4 is 4.74 Å². The van der Waals surface area contributed by atoms with Gasteiger partial charge in [-0.25, -0.2) is 0 Å². The van der Waals surface area contributed by atoms with Crippen LogP contribution in [0.25, 0.3) is 0 Å². The summed E-state index contributed by atoms with van der Waals surface area (Å²) in [4.78, 5) is 0.0426. The first-order valence-corrected chi connectivity index (χ1v) is 9.16. The Balaban J connectivity index is 2.34. The smallest absolute Gasteiger partial charge is 0.282 e. The van der Waals surface area contributed by atoms with Gasteiger partial charge in [0.05, 0.1) is 16.0 Å². The first kappa shape index (κ1) is 17.8. The second-order valence-corrected chi connectivity index (χ2v) is 7.37. The first-order chi connectivity index (χ1) is 10.8. The zero-order chi connectivity index (χ0) is 17.0. The summed E-state index contributed by atoms with van der Waals surface area (Å²) in [7, 11) is -3.83. The van der Waals surface area contributed by atoms with Gasteiger partial charge in [-0.05, 0) is 64.8 Å². The molecular weight excluding hydrogens is 406 g/mol. The highest BCUT2D eigenvalue weighted by Gasteiger charge is 2.12. The van der Waals surface area contributed by atoms with Crippen molar-refractivity contribution in [1.82, 2.24) is 0 Å². The number of ether oxygens (including phenoxy) is 1. The van der Waals surface area contributed by atoms with Gasteiger partial charge in [-0.15, -0.1) is 0 Å². The molecule has 2 rings (SSSR count). The van der Waals surface area contributed by atoms with Crippen LogP contribution >= 0.6 is 27.5 Å². The van der Waals surface area contributed by atoms with E-state index in [0.29, 0.717) is 21.7 Å². The zero-order valence-corrected chi connectivity index (χ0v) is 15.2. The van der Waals surface area contributed by atoms with Gasteiger partial charge in [0.1, 0.15) is 0 Å². The van der Waals surface area contributed by atoms with Gasteiger partial charge in [0.25, 0.3) is 10.0 Å². The van der Waals surface area contributed by atoms with Gasteiger partial charge >= 0.3 is 0 Å². The SMILES string of the molecule is CCOc1cc(/C=N/S(=O)(=O)c2ccc(Cl)cc2)cc(Br)c1O. The second-order valence-electron chi connectivity index (χ2n) is 4.45. The van der Waals surface area contributed by atoms with Crippen molar-refractivity contribution in [2.45, 2.75) is 11.8 Å². The number of sulfonamides is 1. The third kappa shape index (κ3) is 4.46. The van der Waals surface area contributed by atoms with Crippen molar-refractivity contribution < 1.29 is 18.3 Å². The van der Waals surface area contributed by atoms with Crippen LogP contribution in [0.4, 0.5) is 0 Å². The third-order valence-electron chi connectivity index (χ3n) is 2.80. The number of nitrogens with zero attached hydrogens (tertiary/aromatic N) is 1. The van der Waals surface area contributed by atoms with Crippen LogP contribution in [0, 0.1) is 0 Å². The Kier molecular flexibility index (Phi) is 5.67. The number of hydrogen-bond acceptors (Lipinski definition) is 4. The summed E-state index contributed by atoms with van der Waals surface area (Å²) in [6.07, 6.45) is 1.19. The maximum absolute atomic E-state index is 12.1. The summed E-state index contributed by atoms with van der Waals surface area (Å²) in [5.74, 6) is 0.191. The molecule has 2 aromatic carbocycles. The van der Waals surface area contributed by atoms with Crippen molar-refractivity contribution in [2.24, 2.45) is 4.40 Å². The molecule has 0 bridgehead atoms. The lowest BCUT2D eigenvalue weighted by Crippen LogP contribution is -1.98. The van der Waals surface area contributed by atoms with Gasteiger partial charge < -0.3 is 9.84 Å². The van der Waals surface area contributed by atoms with E-state index in [4.69, 9.17) is 16.3 Å². The monoisotopic (exact) mass is 417 g/mol. The van der Waals surface area contributed by atoms with Crippen molar-refractivity contribution in [2.75, 3.05) is 6.61 Å². The highest BCUT2D eigenvalue weighted by Crippen LogP contribution is 2.35. The van der Waals surface area contributed by atoms with Gasteiger partial charge in [0.2, 0.25) is 0 Å². The minimum Gasteiger partial charge on any atom is -0.503 e. The fourth-order valence-corrected chi connectivity index (χ4v) is 3.18. The Labute approximate surface area is 147 Å². The van der Waals surface area contributed by atoms with Crippen LogP contribution in [0.3, 0.4) is 0 Å². The van der Waals surface area contributed by atoms with E-state index in [1.54, 1.807) is 13.0 Å². The Bertz CT molecular complexity index is 835. The second kappa shape index (κ2) is 7.33. The average Bonchev–Trinajstić information content (AvgIpc) is 2.51. The normalized spacial score (nSPS) is 11.8. The molecule has 0 aromatic heterocycles. The van der Waals surface area contributed by atoms with Crippen molar-refractivity contribution in [3.8, 4) is 11.5 Å². The molecule has 5 nitrogen and oxygen atoms in total. The molecule has 8 heteroatoms. The van der Waals surface area contributed by atoms with Crippen LogP contribution in [0.15, 0.2) is 50.2 Å². The molecule has 23 heavy (non-hydrogen) atoms. The van der Waals surface area contributed by atoms with Crippen LogP contribution in [0.1, 0.15) is 12.5 Å². The zero-order valence-electron chi connectivity index (χ0n) is 12.0. The standard InChI is InChI=1S/C15H13BrClNO4S/c1-2-22-14-8-10(7-13(16)15(14)19)9-18-23(20,21)12-5-3-11(17)4-6-12/h3-9,19H,2H2,1H3/b18-9+. The average molecular weight is 419 g/mol. The highest BCUT2D eigenvalue weighted by molar-refractivity contribution is 9.10. The molecule has 0 aliphatic heterocycles. The van der Waals surface area contributed by atoms with E-state index in [2.05, 4.69) is 20.3 Å². The summed E-state index contributed by atoms with van der Waals surface area (Å²) < 4.78 is 33.6. The summed E-state index contributed by atoms with van der Waals surface area (Å²) in [6.45, 7) is 2.14. The molecule has 0 unspecified atom stereocenters. The number of benzene rings is 2. The quantitative estimate of drug-likeness (QED) is 0.744. The molecule has 1 N–H and O–H groups in total. The first-order valence-electron chi connectivity index (χ1n) is 6.54. The van der Waals surface area contributed by atoms with Crippen LogP contribution in [0.2, 0.25) is 5.02 Å². The Morgan fingerprint density at radius 2 is 1.96 bits per heavy atom. The highest BCUT2D eigenvalue weighted by atomic mass is 79.9. The topological polar surface area (TPSA) is 76.0 Å². The number of hydrogen-bond donors (Lipinski definition) is 1. The third-order valence-corrected chi connectivity index (χ3v) is 4.91. The molecule has 2 aromatic rings. The van der Waals surface area contributed by atoms with Crippen LogP contribution in [-0.4, -0.2) is 26.3 Å². The predicted octanol–water partition coefficient (Wildman–Crippen LogP) is 4.01. The van der Waals surface area contributed by atoms with Crippen LogP contribution in [-0.2, 0) is 10.0 Å². The van der Waals surface area contributed by atoms with Gasteiger partial charge in [-0.3, -0.25) is 0 Å². The molecule has 0 atom stereocenters. The number of phenolic OH excluding ortho intramolecular Hbond substituents is 1. The Morgan fingerprint density at radius 1 is 1.30 bits per heavy atom. The minimum absolute atomic E-state index is 0.0426. The fraction of sp³-hybridized carbons (Fsp3) is 0.133. The van der Waals surface area contributed by atoms with Gasteiger partial charge in [0.15, 0.2) is 11.5 Å². The molecule has 0 amide bonds. The van der Waals surface area contributed by atoms with E-state index >= 15 is 0 Å². The van der Waals surface area contributed by atoms with Crippen LogP contribution in [0.5, 0.6) is 11.5 Å². The maximum atomic E-state index is 12.1. The van der Waals surface area contributed by atoms with E-state index in [9.17, 15) is 13.5 Å². The summed E-state index contributed by atoms with van der Waals surface area (Å²) in [5, 5.41) is 10.3. The molecule has 0 spiro atoms. The lowest BCUT2D eigenvalue weighted by atomic mass is 10.2. The van der Waals surface area contributed by atoms with E-state index in [1.807, 2.05) is 0 Å². The summed E-state index contributed by atoms with van der Waals surface area (Å²) >= 11 is 8.92. The number of halogens is 2. The van der Waals surface area contributed by atoms with Crippen molar-refractivity contribution in [1.29, 1.82) is 0 Å². The van der Waals surface area contributed by atoms with Gasteiger partial charge in [0, 0.05) is 11.2 Å². The molecule has 0 aliphatic carbocycles. The predicted molar refractivity (Wildman–Crippen MR) is 93.2 cm³/mol. The molecule has 0 radical (unpaired) electrons. The van der Waals surface area contributed by atoms with E-state index in [-0.39, 0.29) is 16.4 Å². The Morgan fingerprint density at radius 3 is 2.57 bits per heavy atom. The Hall–Kier alpha value is -1.57. The molecule has 0 saturated carbocycles. The lowest BCUT2D eigenvalue weighted by molar-refractivity contribution is 0.317. The summed E-state index contributed by atoms with van der Waals surface area (Å²) in [5.41, 5.74) is 0.468. The molecule has 0 fully saturated rings. The molecule has 0 heterocycles. The van der Waals surface area contributed by atoms with Gasteiger partial charge in [-0.1, -0.05) is 11.6 Å². The largest absolute Gasteiger partial charge is 0.503 e. The van der Waals surface area contributed by atoms with Crippen molar-refractivity contribution in [3.05, 3.63) is 51.5 Å². The fourth-order valence-electron chi connectivity index (χ4n) is 1.73. The van der Waals surface area contributed by atoms with Crippen molar-refractivity contribution in [3.63, 3.8) is 0 Å². The number of aromatic hydroxyl groups is 1. The number of phenols is 1. The van der Waals surface area contributed by atoms with E-state index in [1.165, 1.54) is 36.5 Å². The van der Waals surface area contributed by atoms with Crippen molar-refractivity contribution >= 4 is 43.8 Å². The van der Waals surface area contributed by atoms with E-state index in [0.717, 1.165) is 0 Å². The molecular formula is C15H13BrClNO4S. The molecule has 122 valence electrons. The van der Waals surface area contributed by atoms with E-state index < -0.39 is 10.0 Å². The minimum atomic E-state index is -3.83. The molecule has 0 aliphatic rings. The lowest BCUT2D eigenvalue weighted by Gasteiger charge is -2.08. The van der Waals surface area contributed by atoms with Gasteiger partial charge in [-0.2, -0.15) is 12.8 Å².